The highest BCUT2D eigenvalue weighted by Gasteiger charge is 2.14. The van der Waals surface area contributed by atoms with Crippen molar-refractivity contribution in [1.82, 2.24) is 19.7 Å². The average molecular weight is 462 g/mol. The van der Waals surface area contributed by atoms with Gasteiger partial charge in [0.1, 0.15) is 0 Å². The van der Waals surface area contributed by atoms with Gasteiger partial charge in [0.05, 0.1) is 11.4 Å². The summed E-state index contributed by atoms with van der Waals surface area (Å²) in [6, 6.07) is 9.52. The summed E-state index contributed by atoms with van der Waals surface area (Å²) in [4.78, 5) is 18.0. The summed E-state index contributed by atoms with van der Waals surface area (Å²) in [7, 11) is 1.90. The molecule has 0 aliphatic heterocycles. The lowest BCUT2D eigenvalue weighted by Gasteiger charge is -2.03. The van der Waals surface area contributed by atoms with Gasteiger partial charge in [0.2, 0.25) is 5.91 Å². The largest absolute Gasteiger partial charge is 0.305 e. The van der Waals surface area contributed by atoms with Crippen LogP contribution in [-0.2, 0) is 11.8 Å². The van der Waals surface area contributed by atoms with Crippen LogP contribution in [0.1, 0.15) is 4.88 Å². The molecule has 0 atom stereocenters. The number of nitrogens with zero attached hydrogens (tertiary/aromatic N) is 4. The van der Waals surface area contributed by atoms with E-state index in [0.717, 1.165) is 22.6 Å². The van der Waals surface area contributed by atoms with Crippen LogP contribution in [0.3, 0.4) is 0 Å². The Bertz CT molecular complexity index is 1150. The first-order valence-electron chi connectivity index (χ1n) is 8.58. The van der Waals surface area contributed by atoms with Crippen molar-refractivity contribution in [3.8, 4) is 22.6 Å². The Morgan fingerprint density at radius 1 is 1.17 bits per heavy atom. The molecule has 0 saturated heterocycles. The van der Waals surface area contributed by atoms with Gasteiger partial charge in [-0.15, -0.1) is 32.9 Å². The number of hydrogen-bond acceptors (Lipinski definition) is 7. The highest BCUT2D eigenvalue weighted by Crippen LogP contribution is 2.28. The third-order valence-electron chi connectivity index (χ3n) is 4.05. The molecular weight excluding hydrogens is 446 g/mol. The lowest BCUT2D eigenvalue weighted by atomic mass is 10.2. The van der Waals surface area contributed by atoms with Crippen LogP contribution in [0.25, 0.3) is 22.6 Å². The molecule has 6 nitrogen and oxygen atoms in total. The SMILES string of the molecule is Cc1cc(-c2nnc(SCC(=O)Nc3nc(-c4ccc(Cl)cc4)cs3)n2C)cs1. The summed E-state index contributed by atoms with van der Waals surface area (Å²) in [6.45, 7) is 2.06. The number of hydrogen-bond donors (Lipinski definition) is 1. The number of amides is 1. The standard InChI is InChI=1S/C19H16ClN5OS3/c1-11-7-13(8-27-11)17-23-24-19(25(17)2)29-10-16(26)22-18-21-15(9-28-18)12-3-5-14(20)6-4-12/h3-9H,10H2,1-2H3,(H,21,22,26). The highest BCUT2D eigenvalue weighted by atomic mass is 35.5. The van der Waals surface area contributed by atoms with Crippen molar-refractivity contribution in [3.63, 3.8) is 0 Å². The Hall–Kier alpha value is -2.20. The third kappa shape index (κ3) is 4.69. The molecule has 10 heteroatoms. The molecular formula is C19H16ClN5OS3. The first-order valence-corrected chi connectivity index (χ1v) is 11.7. The van der Waals surface area contributed by atoms with Gasteiger partial charge >= 0.3 is 0 Å². The molecule has 0 radical (unpaired) electrons. The first kappa shape index (κ1) is 20.1. The quantitative estimate of drug-likeness (QED) is 0.391. The monoisotopic (exact) mass is 461 g/mol. The zero-order chi connectivity index (χ0) is 20.4. The van der Waals surface area contributed by atoms with E-state index in [4.69, 9.17) is 11.6 Å². The predicted octanol–water partition coefficient (Wildman–Crippen LogP) is 5.36. The molecule has 1 N–H and O–H groups in total. The van der Waals surface area contributed by atoms with Gasteiger partial charge in [0.15, 0.2) is 16.1 Å². The minimum atomic E-state index is -0.136. The number of nitrogens with one attached hydrogen (secondary N) is 1. The molecule has 0 aliphatic rings. The van der Waals surface area contributed by atoms with Crippen molar-refractivity contribution in [2.24, 2.45) is 7.05 Å². The van der Waals surface area contributed by atoms with Crippen molar-refractivity contribution >= 4 is 57.1 Å². The molecule has 0 saturated carbocycles. The number of carbonyl (C=O) groups excluding carboxylic acids is 1. The van der Waals surface area contributed by atoms with Crippen LogP contribution in [0, 0.1) is 6.92 Å². The van der Waals surface area contributed by atoms with Gasteiger partial charge in [-0.1, -0.05) is 35.5 Å². The van der Waals surface area contributed by atoms with E-state index in [9.17, 15) is 4.79 Å². The van der Waals surface area contributed by atoms with Crippen molar-refractivity contribution in [1.29, 1.82) is 0 Å². The number of thiazole rings is 1. The summed E-state index contributed by atoms with van der Waals surface area (Å²) in [5, 5.41) is 17.2. The Balaban J connectivity index is 1.36. The van der Waals surface area contributed by atoms with Gasteiger partial charge < -0.3 is 9.88 Å². The number of halogens is 1. The molecule has 4 aromatic rings. The van der Waals surface area contributed by atoms with Crippen molar-refractivity contribution in [2.45, 2.75) is 12.1 Å². The summed E-state index contributed by atoms with van der Waals surface area (Å²) < 4.78 is 1.90. The van der Waals surface area contributed by atoms with Gasteiger partial charge in [-0.3, -0.25) is 4.79 Å². The van der Waals surface area contributed by atoms with Gasteiger partial charge in [-0.2, -0.15) is 0 Å². The van der Waals surface area contributed by atoms with Gasteiger partial charge in [-0.25, -0.2) is 4.98 Å². The maximum Gasteiger partial charge on any atom is 0.236 e. The van der Waals surface area contributed by atoms with Crippen LogP contribution >= 0.6 is 46.0 Å². The molecule has 3 aromatic heterocycles. The fraction of sp³-hybridized carbons (Fsp3) is 0.158. The second-order valence-electron chi connectivity index (χ2n) is 6.19. The summed E-state index contributed by atoms with van der Waals surface area (Å²) >= 11 is 10.3. The lowest BCUT2D eigenvalue weighted by Crippen LogP contribution is -2.14. The molecule has 3 heterocycles. The number of aryl methyl sites for hydroxylation is 1. The number of thiophene rings is 1. The fourth-order valence-corrected chi connectivity index (χ4v) is 4.88. The van der Waals surface area contributed by atoms with E-state index in [-0.39, 0.29) is 11.7 Å². The number of benzene rings is 1. The summed E-state index contributed by atoms with van der Waals surface area (Å²) in [5.74, 6) is 0.887. The molecule has 1 amide bonds. The second-order valence-corrected chi connectivity index (χ2v) is 9.55. The van der Waals surface area contributed by atoms with Crippen LogP contribution in [0.5, 0.6) is 0 Å². The molecule has 0 aliphatic carbocycles. The van der Waals surface area contributed by atoms with E-state index < -0.39 is 0 Å². The molecule has 4 rings (SSSR count). The number of carbonyl (C=O) groups is 1. The third-order valence-corrected chi connectivity index (χ3v) is 6.94. The molecule has 0 bridgehead atoms. The van der Waals surface area contributed by atoms with E-state index in [2.05, 4.69) is 38.9 Å². The number of rotatable bonds is 6. The fourth-order valence-electron chi connectivity index (χ4n) is 2.62. The number of thioether (sulfide) groups is 1. The zero-order valence-electron chi connectivity index (χ0n) is 15.5. The highest BCUT2D eigenvalue weighted by molar-refractivity contribution is 7.99. The second kappa shape index (κ2) is 8.66. The van der Waals surface area contributed by atoms with Crippen molar-refractivity contribution < 1.29 is 4.79 Å². The van der Waals surface area contributed by atoms with E-state index in [1.54, 1.807) is 11.3 Å². The average Bonchev–Trinajstić information content (AvgIpc) is 3.41. The first-order chi connectivity index (χ1) is 14.0. The van der Waals surface area contributed by atoms with Gasteiger partial charge in [0.25, 0.3) is 0 Å². The van der Waals surface area contributed by atoms with Crippen LogP contribution in [0.15, 0.2) is 46.2 Å². The Morgan fingerprint density at radius 3 is 2.69 bits per heavy atom. The molecule has 148 valence electrons. The van der Waals surface area contributed by atoms with E-state index >= 15 is 0 Å². The molecule has 0 spiro atoms. The number of aromatic nitrogens is 4. The maximum absolute atomic E-state index is 12.3. The van der Waals surface area contributed by atoms with E-state index in [1.807, 2.05) is 41.3 Å². The minimum absolute atomic E-state index is 0.136. The summed E-state index contributed by atoms with van der Waals surface area (Å²) in [5.41, 5.74) is 2.80. The lowest BCUT2D eigenvalue weighted by molar-refractivity contribution is -0.113. The maximum atomic E-state index is 12.3. The van der Waals surface area contributed by atoms with Crippen LogP contribution in [-0.4, -0.2) is 31.4 Å². The molecule has 29 heavy (non-hydrogen) atoms. The summed E-state index contributed by atoms with van der Waals surface area (Å²) in [6.07, 6.45) is 0. The topological polar surface area (TPSA) is 72.7 Å². The minimum Gasteiger partial charge on any atom is -0.305 e. The molecule has 0 unspecified atom stereocenters. The van der Waals surface area contributed by atoms with Crippen molar-refractivity contribution in [3.05, 3.63) is 51.0 Å². The van der Waals surface area contributed by atoms with Crippen LogP contribution < -0.4 is 5.32 Å². The zero-order valence-corrected chi connectivity index (χ0v) is 18.8. The Kier molecular flexibility index (Phi) is 6.00. The van der Waals surface area contributed by atoms with Gasteiger partial charge in [0, 0.05) is 38.8 Å². The smallest absolute Gasteiger partial charge is 0.236 e. The number of anilines is 1. The van der Waals surface area contributed by atoms with Crippen LogP contribution in [0.4, 0.5) is 5.13 Å². The van der Waals surface area contributed by atoms with E-state index in [0.29, 0.717) is 15.3 Å². The normalized spacial score (nSPS) is 11.0. The molecule has 1 aromatic carbocycles. The Morgan fingerprint density at radius 2 is 1.97 bits per heavy atom. The molecule has 0 fully saturated rings. The van der Waals surface area contributed by atoms with Crippen molar-refractivity contribution in [2.75, 3.05) is 11.1 Å². The van der Waals surface area contributed by atoms with Crippen LogP contribution in [0.2, 0.25) is 5.02 Å². The van der Waals surface area contributed by atoms with Gasteiger partial charge in [-0.05, 0) is 25.1 Å². The van der Waals surface area contributed by atoms with E-state index in [1.165, 1.54) is 28.0 Å². The Labute approximate surface area is 185 Å². The predicted molar refractivity (Wildman–Crippen MR) is 121 cm³/mol.